The quantitative estimate of drug-likeness (QED) is 0.610. The van der Waals surface area contributed by atoms with Crippen molar-refractivity contribution in [3.05, 3.63) is 64.7 Å². The third-order valence-electron chi connectivity index (χ3n) is 7.61. The summed E-state index contributed by atoms with van der Waals surface area (Å²) in [6.45, 7) is 1.38. The SMILES string of the molecule is O=S(=O)(NCC1CCC(CN=C2CC3c4c(Cl)cccc4CCC3N2)CC1)c1ccccc1. The van der Waals surface area contributed by atoms with Crippen molar-refractivity contribution >= 4 is 27.5 Å². The second kappa shape index (κ2) is 9.77. The Morgan fingerprint density at radius 2 is 1.73 bits per heavy atom. The van der Waals surface area contributed by atoms with Gasteiger partial charge in [-0.1, -0.05) is 41.9 Å². The molecule has 0 radical (unpaired) electrons. The van der Waals surface area contributed by atoms with Crippen LogP contribution in [0.25, 0.3) is 0 Å². The van der Waals surface area contributed by atoms with Gasteiger partial charge in [0.1, 0.15) is 0 Å². The zero-order chi connectivity index (χ0) is 22.8. The minimum absolute atomic E-state index is 0.336. The van der Waals surface area contributed by atoms with Crippen LogP contribution in [0.1, 0.15) is 55.6 Å². The number of aliphatic imine (C=N–C) groups is 1. The molecule has 0 amide bonds. The fourth-order valence-electron chi connectivity index (χ4n) is 5.70. The zero-order valence-electron chi connectivity index (χ0n) is 18.8. The van der Waals surface area contributed by atoms with Crippen LogP contribution < -0.4 is 10.0 Å². The van der Waals surface area contributed by atoms with Crippen LogP contribution in [0.2, 0.25) is 5.02 Å². The van der Waals surface area contributed by atoms with Crippen LogP contribution in [0, 0.1) is 11.8 Å². The molecule has 2 aliphatic carbocycles. The van der Waals surface area contributed by atoms with E-state index < -0.39 is 10.0 Å². The van der Waals surface area contributed by atoms with E-state index in [0.717, 1.165) is 62.3 Å². The summed E-state index contributed by atoms with van der Waals surface area (Å²) < 4.78 is 27.7. The van der Waals surface area contributed by atoms with E-state index in [-0.39, 0.29) is 0 Å². The van der Waals surface area contributed by atoms with Gasteiger partial charge in [-0.05, 0) is 79.7 Å². The number of fused-ring (bicyclic) bond motifs is 3. The van der Waals surface area contributed by atoms with E-state index in [1.165, 1.54) is 11.1 Å². The molecule has 1 saturated carbocycles. The molecular weight excluding hydrogens is 454 g/mol. The first kappa shape index (κ1) is 22.9. The highest BCUT2D eigenvalue weighted by Crippen LogP contribution is 2.41. The number of hydrogen-bond acceptors (Lipinski definition) is 3. The first-order chi connectivity index (χ1) is 16.0. The average Bonchev–Trinajstić information content (AvgIpc) is 3.26. The maximum absolute atomic E-state index is 12.4. The molecule has 2 N–H and O–H groups in total. The lowest BCUT2D eigenvalue weighted by Gasteiger charge is -2.28. The third kappa shape index (κ3) is 5.13. The van der Waals surface area contributed by atoms with Gasteiger partial charge in [-0.3, -0.25) is 4.99 Å². The molecule has 2 aromatic carbocycles. The van der Waals surface area contributed by atoms with Crippen LogP contribution in [0.5, 0.6) is 0 Å². The first-order valence-electron chi connectivity index (χ1n) is 12.1. The van der Waals surface area contributed by atoms with Gasteiger partial charge in [-0.2, -0.15) is 0 Å². The van der Waals surface area contributed by atoms with Gasteiger partial charge in [0.05, 0.1) is 10.7 Å². The molecule has 2 fully saturated rings. The summed E-state index contributed by atoms with van der Waals surface area (Å²) in [6, 6.07) is 15.3. The standard InChI is InChI=1S/C26H32ClN3O2S/c27-23-8-4-5-20-13-14-24-22(26(20)23)15-25(30-24)28-16-18-9-11-19(12-10-18)17-29-33(31,32)21-6-2-1-3-7-21/h1-8,18-19,22,24,29H,9-17H2,(H,28,30). The van der Waals surface area contributed by atoms with E-state index in [0.29, 0.717) is 35.2 Å². The fraction of sp³-hybridized carbons (Fsp3) is 0.500. The van der Waals surface area contributed by atoms with Gasteiger partial charge in [-0.15, -0.1) is 0 Å². The Balaban J connectivity index is 1.10. The minimum Gasteiger partial charge on any atom is -0.370 e. The first-order valence-corrected chi connectivity index (χ1v) is 14.0. The molecule has 5 rings (SSSR count). The number of aryl methyl sites for hydroxylation is 1. The Morgan fingerprint density at radius 3 is 2.52 bits per heavy atom. The smallest absolute Gasteiger partial charge is 0.240 e. The second-order valence-corrected chi connectivity index (χ2v) is 11.9. The molecule has 1 saturated heterocycles. The molecule has 7 heteroatoms. The molecule has 1 heterocycles. The Morgan fingerprint density at radius 1 is 0.970 bits per heavy atom. The molecular formula is C26H32ClN3O2S. The van der Waals surface area contributed by atoms with Gasteiger partial charge in [0, 0.05) is 36.5 Å². The molecule has 2 unspecified atom stereocenters. The normalized spacial score (nSPS) is 28.2. The number of hydrogen-bond donors (Lipinski definition) is 2. The Kier molecular flexibility index (Phi) is 6.77. The summed E-state index contributed by atoms with van der Waals surface area (Å²) in [5, 5.41) is 4.57. The van der Waals surface area contributed by atoms with Gasteiger partial charge >= 0.3 is 0 Å². The lowest BCUT2D eigenvalue weighted by Crippen LogP contribution is -2.32. The van der Waals surface area contributed by atoms with Gasteiger partial charge in [-0.25, -0.2) is 13.1 Å². The summed E-state index contributed by atoms with van der Waals surface area (Å²) >= 11 is 6.55. The highest BCUT2D eigenvalue weighted by atomic mass is 35.5. The molecule has 1 aliphatic heterocycles. The number of amidine groups is 1. The topological polar surface area (TPSA) is 70.6 Å². The van der Waals surface area contributed by atoms with Crippen molar-refractivity contribution < 1.29 is 8.42 Å². The Bertz CT molecular complexity index is 1110. The van der Waals surface area contributed by atoms with Crippen LogP contribution in [0.3, 0.4) is 0 Å². The lowest BCUT2D eigenvalue weighted by molar-refractivity contribution is 0.280. The highest BCUT2D eigenvalue weighted by Gasteiger charge is 2.37. The number of halogens is 1. The average molecular weight is 486 g/mol. The molecule has 2 atom stereocenters. The van der Waals surface area contributed by atoms with E-state index in [1.807, 2.05) is 12.1 Å². The van der Waals surface area contributed by atoms with Gasteiger partial charge in [0.25, 0.3) is 0 Å². The molecule has 5 nitrogen and oxygen atoms in total. The molecule has 0 aromatic heterocycles. The largest absolute Gasteiger partial charge is 0.370 e. The van der Waals surface area contributed by atoms with Crippen molar-refractivity contribution in [2.45, 2.75) is 61.8 Å². The number of rotatable bonds is 6. The second-order valence-electron chi connectivity index (χ2n) is 9.75. The van der Waals surface area contributed by atoms with E-state index in [4.69, 9.17) is 16.6 Å². The van der Waals surface area contributed by atoms with Crippen molar-refractivity contribution in [1.82, 2.24) is 10.0 Å². The van der Waals surface area contributed by atoms with Crippen LogP contribution in [0.15, 0.2) is 58.4 Å². The molecule has 33 heavy (non-hydrogen) atoms. The summed E-state index contributed by atoms with van der Waals surface area (Å²) in [5.41, 5.74) is 2.72. The number of sulfonamides is 1. The van der Waals surface area contributed by atoms with Gasteiger partial charge in [0.2, 0.25) is 10.0 Å². The van der Waals surface area contributed by atoms with Crippen LogP contribution in [-0.2, 0) is 16.4 Å². The summed E-state index contributed by atoms with van der Waals surface area (Å²) in [5.74, 6) is 2.56. The molecule has 176 valence electrons. The van der Waals surface area contributed by atoms with Crippen molar-refractivity contribution in [2.24, 2.45) is 16.8 Å². The van der Waals surface area contributed by atoms with E-state index in [1.54, 1.807) is 24.3 Å². The molecule has 2 aromatic rings. The summed E-state index contributed by atoms with van der Waals surface area (Å²) in [4.78, 5) is 5.31. The van der Waals surface area contributed by atoms with Crippen LogP contribution >= 0.6 is 11.6 Å². The third-order valence-corrected chi connectivity index (χ3v) is 9.38. The van der Waals surface area contributed by atoms with Crippen LogP contribution in [0.4, 0.5) is 0 Å². The van der Waals surface area contributed by atoms with Gasteiger partial charge in [0.15, 0.2) is 0 Å². The van der Waals surface area contributed by atoms with E-state index in [2.05, 4.69) is 22.2 Å². The summed E-state index contributed by atoms with van der Waals surface area (Å²) in [7, 11) is -3.42. The van der Waals surface area contributed by atoms with E-state index >= 15 is 0 Å². The Hall–Kier alpha value is -1.89. The fourth-order valence-corrected chi connectivity index (χ4v) is 7.18. The number of nitrogens with zero attached hydrogens (tertiary/aromatic N) is 1. The maximum Gasteiger partial charge on any atom is 0.240 e. The highest BCUT2D eigenvalue weighted by molar-refractivity contribution is 7.89. The number of benzene rings is 2. The van der Waals surface area contributed by atoms with E-state index in [9.17, 15) is 8.42 Å². The maximum atomic E-state index is 12.4. The van der Waals surface area contributed by atoms with Crippen molar-refractivity contribution in [3.8, 4) is 0 Å². The zero-order valence-corrected chi connectivity index (χ0v) is 20.4. The molecule has 0 spiro atoms. The predicted octanol–water partition coefficient (Wildman–Crippen LogP) is 4.92. The van der Waals surface area contributed by atoms with Gasteiger partial charge < -0.3 is 5.32 Å². The lowest BCUT2D eigenvalue weighted by atomic mass is 9.80. The monoisotopic (exact) mass is 485 g/mol. The number of nitrogens with one attached hydrogen (secondary N) is 2. The van der Waals surface area contributed by atoms with Crippen molar-refractivity contribution in [2.75, 3.05) is 13.1 Å². The van der Waals surface area contributed by atoms with Crippen LogP contribution in [-0.4, -0.2) is 33.4 Å². The van der Waals surface area contributed by atoms with Crippen molar-refractivity contribution in [1.29, 1.82) is 0 Å². The minimum atomic E-state index is -3.42. The summed E-state index contributed by atoms with van der Waals surface area (Å²) in [6.07, 6.45) is 7.49. The molecule has 3 aliphatic rings. The van der Waals surface area contributed by atoms with Crippen molar-refractivity contribution in [3.63, 3.8) is 0 Å². The predicted molar refractivity (Wildman–Crippen MR) is 133 cm³/mol. The Labute approximate surface area is 202 Å². The molecule has 0 bridgehead atoms.